The van der Waals surface area contributed by atoms with Gasteiger partial charge >= 0.3 is 5.97 Å². The monoisotopic (exact) mass is 168 g/mol. The molecule has 0 unspecified atom stereocenters. The Balaban J connectivity index is 3.44. The van der Waals surface area contributed by atoms with E-state index in [-0.39, 0.29) is 0 Å². The molecule has 0 bridgehead atoms. The Morgan fingerprint density at radius 3 is 3.00 bits per heavy atom. The third-order valence-electron chi connectivity index (χ3n) is 0.929. The van der Waals surface area contributed by atoms with Crippen LogP contribution in [0.5, 0.6) is 0 Å². The van der Waals surface area contributed by atoms with Gasteiger partial charge < -0.3 is 9.47 Å². The van der Waals surface area contributed by atoms with E-state index in [1.807, 2.05) is 0 Å². The van der Waals surface area contributed by atoms with Gasteiger partial charge in [-0.25, -0.2) is 4.79 Å². The van der Waals surface area contributed by atoms with Crippen molar-refractivity contribution >= 4 is 5.97 Å². The molecule has 0 heterocycles. The van der Waals surface area contributed by atoms with Gasteiger partial charge in [0.2, 0.25) is 0 Å². The Labute approximate surface area is 72.4 Å². The molecule has 3 heteroatoms. The van der Waals surface area contributed by atoms with Crippen LogP contribution in [0.4, 0.5) is 0 Å². The average molecular weight is 168 g/mol. The van der Waals surface area contributed by atoms with Crippen LogP contribution < -0.4 is 0 Å². The van der Waals surface area contributed by atoms with E-state index in [4.69, 9.17) is 4.74 Å². The summed E-state index contributed by atoms with van der Waals surface area (Å²) < 4.78 is 9.36. The summed E-state index contributed by atoms with van der Waals surface area (Å²) in [7, 11) is 0. The second kappa shape index (κ2) is 7.67. The topological polar surface area (TPSA) is 35.5 Å². The number of esters is 1. The van der Waals surface area contributed by atoms with Gasteiger partial charge in [0.1, 0.15) is 0 Å². The fourth-order valence-corrected chi connectivity index (χ4v) is 0.495. The normalized spacial score (nSPS) is 7.75. The average Bonchev–Trinajstić information content (AvgIpc) is 2.05. The SMILES string of the molecule is C=COCCC#CC(=O)OCC. The van der Waals surface area contributed by atoms with E-state index in [0.29, 0.717) is 19.6 Å². The van der Waals surface area contributed by atoms with Gasteiger partial charge in [0.05, 0.1) is 19.5 Å². The lowest BCUT2D eigenvalue weighted by molar-refractivity contribution is -0.136. The van der Waals surface area contributed by atoms with Crippen LogP contribution in [0.3, 0.4) is 0 Å². The minimum Gasteiger partial charge on any atom is -0.501 e. The van der Waals surface area contributed by atoms with Crippen molar-refractivity contribution in [2.75, 3.05) is 13.2 Å². The van der Waals surface area contributed by atoms with Gasteiger partial charge in [0.15, 0.2) is 0 Å². The molecule has 0 radical (unpaired) electrons. The lowest BCUT2D eigenvalue weighted by Crippen LogP contribution is -1.99. The zero-order valence-corrected chi connectivity index (χ0v) is 7.13. The Hall–Kier alpha value is -1.43. The van der Waals surface area contributed by atoms with Crippen molar-refractivity contribution in [2.45, 2.75) is 13.3 Å². The predicted octanol–water partition coefficient (Wildman–Crippen LogP) is 1.10. The van der Waals surface area contributed by atoms with Crippen LogP contribution in [0.2, 0.25) is 0 Å². The highest BCUT2D eigenvalue weighted by Gasteiger charge is 1.90. The Morgan fingerprint density at radius 1 is 1.67 bits per heavy atom. The van der Waals surface area contributed by atoms with Crippen LogP contribution in [-0.2, 0) is 14.3 Å². The van der Waals surface area contributed by atoms with Crippen molar-refractivity contribution in [2.24, 2.45) is 0 Å². The summed E-state index contributed by atoms with van der Waals surface area (Å²) in [5.74, 6) is 4.43. The lowest BCUT2D eigenvalue weighted by atomic mass is 10.4. The van der Waals surface area contributed by atoms with Gasteiger partial charge in [-0.1, -0.05) is 12.5 Å². The van der Waals surface area contributed by atoms with Crippen LogP contribution in [0.15, 0.2) is 12.8 Å². The number of carbonyl (C=O) groups excluding carboxylic acids is 1. The molecular formula is C9H12O3. The molecular weight excluding hydrogens is 156 g/mol. The fourth-order valence-electron chi connectivity index (χ4n) is 0.495. The molecule has 0 atom stereocenters. The van der Waals surface area contributed by atoms with E-state index >= 15 is 0 Å². The van der Waals surface area contributed by atoms with Crippen molar-refractivity contribution in [1.29, 1.82) is 0 Å². The number of hydrogen-bond donors (Lipinski definition) is 0. The fraction of sp³-hybridized carbons (Fsp3) is 0.444. The maximum Gasteiger partial charge on any atom is 0.384 e. The summed E-state index contributed by atoms with van der Waals surface area (Å²) in [5.41, 5.74) is 0. The van der Waals surface area contributed by atoms with E-state index < -0.39 is 5.97 Å². The number of hydrogen-bond acceptors (Lipinski definition) is 3. The van der Waals surface area contributed by atoms with E-state index in [0.717, 1.165) is 0 Å². The zero-order chi connectivity index (χ0) is 9.23. The standard InChI is InChI=1S/C9H12O3/c1-3-11-8-6-5-7-9(10)12-4-2/h3H,1,4,6,8H2,2H3. The highest BCUT2D eigenvalue weighted by Crippen LogP contribution is 1.80. The summed E-state index contributed by atoms with van der Waals surface area (Å²) in [5, 5.41) is 0. The Kier molecular flexibility index (Phi) is 6.76. The molecule has 0 amide bonds. The maximum absolute atomic E-state index is 10.6. The van der Waals surface area contributed by atoms with Crippen molar-refractivity contribution in [3.63, 3.8) is 0 Å². The van der Waals surface area contributed by atoms with Crippen molar-refractivity contribution in [3.05, 3.63) is 12.8 Å². The highest BCUT2D eigenvalue weighted by atomic mass is 16.5. The van der Waals surface area contributed by atoms with Gasteiger partial charge in [-0.3, -0.25) is 0 Å². The molecule has 66 valence electrons. The molecule has 0 spiro atoms. The lowest BCUT2D eigenvalue weighted by Gasteiger charge is -1.92. The van der Waals surface area contributed by atoms with Gasteiger partial charge in [-0.2, -0.15) is 0 Å². The summed E-state index contributed by atoms with van der Waals surface area (Å²) in [6, 6.07) is 0. The van der Waals surface area contributed by atoms with Crippen molar-refractivity contribution in [1.82, 2.24) is 0 Å². The maximum atomic E-state index is 10.6. The minimum atomic E-state index is -0.490. The smallest absolute Gasteiger partial charge is 0.384 e. The predicted molar refractivity (Wildman–Crippen MR) is 45.2 cm³/mol. The minimum absolute atomic E-state index is 0.358. The molecule has 0 rings (SSSR count). The van der Waals surface area contributed by atoms with Crippen LogP contribution in [0, 0.1) is 11.8 Å². The number of carbonyl (C=O) groups is 1. The van der Waals surface area contributed by atoms with Crippen molar-refractivity contribution < 1.29 is 14.3 Å². The molecule has 0 aliphatic heterocycles. The first-order valence-corrected chi connectivity index (χ1v) is 3.69. The Bertz CT molecular complexity index is 198. The molecule has 0 aliphatic rings. The van der Waals surface area contributed by atoms with E-state index in [1.54, 1.807) is 6.92 Å². The summed E-state index contributed by atoms with van der Waals surface area (Å²) in [6.45, 7) is 5.91. The first kappa shape index (κ1) is 10.6. The second-order valence-corrected chi connectivity index (χ2v) is 1.81. The van der Waals surface area contributed by atoms with Gasteiger partial charge in [-0.05, 0) is 6.92 Å². The third kappa shape index (κ3) is 6.69. The van der Waals surface area contributed by atoms with Crippen LogP contribution in [0.25, 0.3) is 0 Å². The summed E-state index contributed by atoms with van der Waals surface area (Å²) in [4.78, 5) is 10.6. The number of ether oxygens (including phenoxy) is 2. The molecule has 0 aromatic rings. The molecule has 3 nitrogen and oxygen atoms in total. The molecule has 0 N–H and O–H groups in total. The van der Waals surface area contributed by atoms with E-state index in [1.165, 1.54) is 6.26 Å². The second-order valence-electron chi connectivity index (χ2n) is 1.81. The number of rotatable bonds is 4. The first-order chi connectivity index (χ1) is 5.81. The van der Waals surface area contributed by atoms with Gasteiger partial charge in [0, 0.05) is 12.3 Å². The molecule has 0 aromatic carbocycles. The summed E-state index contributed by atoms with van der Waals surface area (Å²) in [6.07, 6.45) is 1.84. The van der Waals surface area contributed by atoms with Crippen LogP contribution in [0.1, 0.15) is 13.3 Å². The molecule has 0 saturated carbocycles. The van der Waals surface area contributed by atoms with Crippen molar-refractivity contribution in [3.8, 4) is 11.8 Å². The Morgan fingerprint density at radius 2 is 2.42 bits per heavy atom. The zero-order valence-electron chi connectivity index (χ0n) is 7.13. The van der Waals surface area contributed by atoms with Gasteiger partial charge in [-0.15, -0.1) is 0 Å². The highest BCUT2D eigenvalue weighted by molar-refractivity contribution is 5.88. The largest absolute Gasteiger partial charge is 0.501 e. The molecule has 0 aromatic heterocycles. The molecule has 0 fully saturated rings. The third-order valence-corrected chi connectivity index (χ3v) is 0.929. The summed E-state index contributed by atoms with van der Waals surface area (Å²) >= 11 is 0. The van der Waals surface area contributed by atoms with Crippen LogP contribution in [-0.4, -0.2) is 19.2 Å². The molecule has 0 saturated heterocycles. The van der Waals surface area contributed by atoms with Gasteiger partial charge in [0.25, 0.3) is 0 Å². The molecule has 0 aliphatic carbocycles. The van der Waals surface area contributed by atoms with Crippen LogP contribution >= 0.6 is 0 Å². The van der Waals surface area contributed by atoms with E-state index in [2.05, 4.69) is 23.2 Å². The van der Waals surface area contributed by atoms with E-state index in [9.17, 15) is 4.79 Å². The quantitative estimate of drug-likeness (QED) is 0.207. The first-order valence-electron chi connectivity index (χ1n) is 3.69. The molecule has 12 heavy (non-hydrogen) atoms.